The number of Topliss-reactive ketones (excluding diaryl/α,β-unsaturated/α-hetero) is 2. The number of aliphatic hydroxyl groups excluding tert-OH is 1. The monoisotopic (exact) mass is 420 g/mol. The minimum absolute atomic E-state index is 0.0566. The van der Waals surface area contributed by atoms with Gasteiger partial charge in [0, 0.05) is 31.4 Å². The third kappa shape index (κ3) is 4.68. The van der Waals surface area contributed by atoms with Crippen LogP contribution in [0.3, 0.4) is 0 Å². The van der Waals surface area contributed by atoms with Crippen molar-refractivity contribution < 1.29 is 19.2 Å². The van der Waals surface area contributed by atoms with Crippen LogP contribution in [0, 0.1) is 5.41 Å². The molecule has 162 valence electrons. The first-order valence-corrected chi connectivity index (χ1v) is 10.9. The third-order valence-electron chi connectivity index (χ3n) is 5.96. The molecule has 6 nitrogen and oxygen atoms in total. The summed E-state index contributed by atoms with van der Waals surface area (Å²) in [6.45, 7) is 4.52. The number of hydrogen-bond donors (Lipinski definition) is 1. The smallest absolute Gasteiger partial charge is 0.168 e. The number of aromatic nitrogens is 1. The molecule has 1 heterocycles. The number of aryl methyl sites for hydroxylation is 1. The molecule has 0 amide bonds. The van der Waals surface area contributed by atoms with Gasteiger partial charge in [-0.15, -0.1) is 0 Å². The zero-order valence-electron chi connectivity index (χ0n) is 18.1. The molecule has 6 heteroatoms. The lowest BCUT2D eigenvalue weighted by molar-refractivity contribution is -0.115. The van der Waals surface area contributed by atoms with Crippen LogP contribution in [0.5, 0.6) is 0 Å². The zero-order chi connectivity index (χ0) is 22.0. The molecular formula is C25H28N2O4. The summed E-state index contributed by atoms with van der Waals surface area (Å²) < 4.78 is 5.50. The molecule has 0 radical (unpaired) electrons. The Hall–Kier alpha value is -3.02. The van der Waals surface area contributed by atoms with E-state index >= 15 is 0 Å². The van der Waals surface area contributed by atoms with Gasteiger partial charge in [0.15, 0.2) is 11.6 Å². The van der Waals surface area contributed by atoms with Crippen molar-refractivity contribution in [2.24, 2.45) is 10.4 Å². The van der Waals surface area contributed by atoms with Crippen LogP contribution in [0.1, 0.15) is 73.3 Å². The molecule has 0 unspecified atom stereocenters. The van der Waals surface area contributed by atoms with Gasteiger partial charge in [-0.1, -0.05) is 49.3 Å². The highest BCUT2D eigenvalue weighted by Crippen LogP contribution is 2.36. The molecule has 2 aromatic rings. The Kier molecular flexibility index (Phi) is 5.90. The second kappa shape index (κ2) is 8.61. The molecule has 1 N–H and O–H groups in total. The highest BCUT2D eigenvalue weighted by molar-refractivity contribution is 6.23. The van der Waals surface area contributed by atoms with Gasteiger partial charge in [-0.05, 0) is 30.2 Å². The normalized spacial score (nSPS) is 19.0. The summed E-state index contributed by atoms with van der Waals surface area (Å²) in [4.78, 5) is 30.0. The van der Waals surface area contributed by atoms with Gasteiger partial charge in [0.25, 0.3) is 0 Å². The fourth-order valence-electron chi connectivity index (χ4n) is 4.44. The summed E-state index contributed by atoms with van der Waals surface area (Å²) in [6, 6.07) is 9.79. The lowest BCUT2D eigenvalue weighted by atomic mass is 9.76. The van der Waals surface area contributed by atoms with Crippen LogP contribution >= 0.6 is 0 Å². The van der Waals surface area contributed by atoms with E-state index in [1.54, 1.807) is 0 Å². The highest BCUT2D eigenvalue weighted by Gasteiger charge is 2.36. The molecule has 0 fully saturated rings. The molecule has 2 aliphatic rings. The van der Waals surface area contributed by atoms with Gasteiger partial charge >= 0.3 is 0 Å². The number of carbonyl (C=O) groups excluding carboxylic acids is 2. The van der Waals surface area contributed by atoms with E-state index in [0.717, 1.165) is 5.56 Å². The molecule has 4 rings (SSSR count). The highest BCUT2D eigenvalue weighted by atomic mass is 16.5. The van der Waals surface area contributed by atoms with Gasteiger partial charge < -0.3 is 9.63 Å². The van der Waals surface area contributed by atoms with Crippen LogP contribution in [-0.4, -0.2) is 27.5 Å². The fourth-order valence-corrected chi connectivity index (χ4v) is 4.44. The Morgan fingerprint density at radius 2 is 1.90 bits per heavy atom. The standard InChI is InChI=1S/C25H28N2O4/c1-25(2)13-21(30)24-18(27-31-22(24)14-25)12-11-17(23-19(28)9-6-10-20(23)29)26-15-16-7-4-3-5-8-16/h3-5,7-8,28H,6,9-15H2,1-2H3. The van der Waals surface area contributed by atoms with E-state index in [1.165, 1.54) is 0 Å². The van der Waals surface area contributed by atoms with Crippen LogP contribution in [0.4, 0.5) is 0 Å². The first kappa shape index (κ1) is 21.2. The van der Waals surface area contributed by atoms with Crippen LogP contribution in [0.15, 0.2) is 51.2 Å². The van der Waals surface area contributed by atoms with E-state index in [-0.39, 0.29) is 22.7 Å². The average Bonchev–Trinajstić information content (AvgIpc) is 3.12. The minimum atomic E-state index is -0.131. The van der Waals surface area contributed by atoms with Crippen molar-refractivity contribution in [3.8, 4) is 0 Å². The molecule has 2 aliphatic carbocycles. The maximum Gasteiger partial charge on any atom is 0.168 e. The number of carbonyl (C=O) groups is 2. The molecule has 31 heavy (non-hydrogen) atoms. The summed E-state index contributed by atoms with van der Waals surface area (Å²) in [5, 5.41) is 14.6. The lowest BCUT2D eigenvalue weighted by Gasteiger charge is -2.26. The number of ketones is 2. The van der Waals surface area contributed by atoms with Crippen molar-refractivity contribution >= 4 is 17.3 Å². The number of allylic oxidation sites excluding steroid dienone is 2. The largest absolute Gasteiger partial charge is 0.511 e. The molecule has 0 atom stereocenters. The Balaban J connectivity index is 1.60. The van der Waals surface area contributed by atoms with Crippen LogP contribution < -0.4 is 0 Å². The zero-order valence-corrected chi connectivity index (χ0v) is 18.1. The van der Waals surface area contributed by atoms with Crippen LogP contribution in [0.25, 0.3) is 0 Å². The van der Waals surface area contributed by atoms with Crippen molar-refractivity contribution in [1.29, 1.82) is 0 Å². The molecule has 0 spiro atoms. The number of aliphatic imine (C=N–C) groups is 1. The summed E-state index contributed by atoms with van der Waals surface area (Å²) in [5.41, 5.74) is 3.02. The average molecular weight is 421 g/mol. The predicted molar refractivity (Wildman–Crippen MR) is 117 cm³/mol. The number of rotatable bonds is 6. The van der Waals surface area contributed by atoms with Gasteiger partial charge in [0.2, 0.25) is 0 Å². The van der Waals surface area contributed by atoms with E-state index in [0.29, 0.717) is 79.8 Å². The fraction of sp³-hybridized carbons (Fsp3) is 0.440. The van der Waals surface area contributed by atoms with Gasteiger partial charge in [-0.2, -0.15) is 0 Å². The second-order valence-corrected chi connectivity index (χ2v) is 9.22. The summed E-state index contributed by atoms with van der Waals surface area (Å²) >= 11 is 0. The first-order chi connectivity index (χ1) is 14.8. The number of aliphatic hydroxyl groups is 1. The van der Waals surface area contributed by atoms with E-state index < -0.39 is 0 Å². The van der Waals surface area contributed by atoms with Gasteiger partial charge in [0.1, 0.15) is 11.5 Å². The Labute approximate surface area is 182 Å². The van der Waals surface area contributed by atoms with E-state index in [9.17, 15) is 14.7 Å². The number of nitrogens with zero attached hydrogens (tertiary/aromatic N) is 2. The van der Waals surface area contributed by atoms with Crippen LogP contribution in [0.2, 0.25) is 0 Å². The first-order valence-electron chi connectivity index (χ1n) is 10.9. The van der Waals surface area contributed by atoms with Gasteiger partial charge in [0.05, 0.1) is 23.4 Å². The topological polar surface area (TPSA) is 92.8 Å². The van der Waals surface area contributed by atoms with E-state index in [1.807, 2.05) is 44.2 Å². The number of fused-ring (bicyclic) bond motifs is 1. The summed E-state index contributed by atoms with van der Waals surface area (Å²) in [5.74, 6) is 0.745. The SMILES string of the molecule is CC1(C)CC(=O)c2c(CCC(=NCc3ccccc3)C3=C(O)CCCC3=O)noc2C1. The van der Waals surface area contributed by atoms with E-state index in [4.69, 9.17) is 9.52 Å². The maximum atomic E-state index is 12.7. The van der Waals surface area contributed by atoms with Crippen molar-refractivity contribution in [1.82, 2.24) is 5.16 Å². The Bertz CT molecular complexity index is 1060. The predicted octanol–water partition coefficient (Wildman–Crippen LogP) is 4.97. The quantitative estimate of drug-likeness (QED) is 0.666. The van der Waals surface area contributed by atoms with Crippen LogP contribution in [-0.2, 0) is 24.2 Å². The summed E-state index contributed by atoms with van der Waals surface area (Å²) in [6.07, 6.45) is 3.54. The lowest BCUT2D eigenvalue weighted by Crippen LogP contribution is -2.26. The molecule has 0 aliphatic heterocycles. The molecule has 1 aromatic carbocycles. The van der Waals surface area contributed by atoms with Crippen molar-refractivity contribution in [3.63, 3.8) is 0 Å². The molecule has 0 bridgehead atoms. The number of hydrogen-bond acceptors (Lipinski definition) is 6. The third-order valence-corrected chi connectivity index (χ3v) is 5.96. The van der Waals surface area contributed by atoms with Crippen molar-refractivity contribution in [2.75, 3.05) is 0 Å². The maximum absolute atomic E-state index is 12.7. The summed E-state index contributed by atoms with van der Waals surface area (Å²) in [7, 11) is 0. The molecule has 0 saturated heterocycles. The second-order valence-electron chi connectivity index (χ2n) is 9.22. The Morgan fingerprint density at radius 3 is 2.65 bits per heavy atom. The molecular weight excluding hydrogens is 392 g/mol. The van der Waals surface area contributed by atoms with Crippen molar-refractivity contribution in [2.45, 2.75) is 65.3 Å². The van der Waals surface area contributed by atoms with Gasteiger partial charge in [-0.3, -0.25) is 14.6 Å². The molecule has 1 aromatic heterocycles. The Morgan fingerprint density at radius 1 is 1.13 bits per heavy atom. The minimum Gasteiger partial charge on any atom is -0.511 e. The van der Waals surface area contributed by atoms with Gasteiger partial charge in [-0.25, -0.2) is 0 Å². The van der Waals surface area contributed by atoms with E-state index in [2.05, 4.69) is 5.16 Å². The van der Waals surface area contributed by atoms with Crippen molar-refractivity contribution in [3.05, 3.63) is 64.2 Å². The number of benzene rings is 1. The molecule has 0 saturated carbocycles.